The number of ketones is 1. The van der Waals surface area contributed by atoms with Crippen LogP contribution in [-0.4, -0.2) is 21.8 Å². The molecule has 40 heavy (non-hydrogen) atoms. The fourth-order valence-electron chi connectivity index (χ4n) is 12.2. The van der Waals surface area contributed by atoms with E-state index in [2.05, 4.69) is 59.2 Å². The van der Waals surface area contributed by atoms with Crippen LogP contribution in [0, 0.1) is 56.7 Å². The van der Waals surface area contributed by atoms with Crippen LogP contribution in [0.3, 0.4) is 0 Å². The van der Waals surface area contributed by atoms with Crippen molar-refractivity contribution in [3.05, 3.63) is 47.8 Å². The van der Waals surface area contributed by atoms with Crippen LogP contribution in [0.1, 0.15) is 105 Å². The highest BCUT2D eigenvalue weighted by molar-refractivity contribution is 6.04. The largest absolute Gasteiger partial charge is 0.481 e. The summed E-state index contributed by atoms with van der Waals surface area (Å²) in [5, 5.41) is 10.6. The summed E-state index contributed by atoms with van der Waals surface area (Å²) >= 11 is 0. The van der Waals surface area contributed by atoms with Gasteiger partial charge in [-0.25, -0.2) is 0 Å². The smallest absolute Gasteiger partial charge is 0.309 e. The summed E-state index contributed by atoms with van der Waals surface area (Å²) in [7, 11) is 0. The molecule has 1 aromatic rings. The highest BCUT2D eigenvalue weighted by Gasteiger charge is 2.72. The molecule has 0 spiro atoms. The van der Waals surface area contributed by atoms with Gasteiger partial charge in [-0.15, -0.1) is 0 Å². The van der Waals surface area contributed by atoms with Crippen molar-refractivity contribution >= 4 is 17.8 Å². The molecule has 0 bridgehead atoms. The van der Waals surface area contributed by atoms with E-state index in [0.717, 1.165) is 68.9 Å². The van der Waals surface area contributed by atoms with Gasteiger partial charge in [0.2, 0.25) is 0 Å². The van der Waals surface area contributed by atoms with Crippen molar-refractivity contribution in [1.82, 2.24) is 4.98 Å². The second-order valence-corrected chi connectivity index (χ2v) is 15.8. The number of hydrogen-bond donors (Lipinski definition) is 1. The Balaban J connectivity index is 1.42. The summed E-state index contributed by atoms with van der Waals surface area (Å²) in [6.07, 6.45) is 14.6. The van der Waals surface area contributed by atoms with Crippen molar-refractivity contribution in [3.63, 3.8) is 0 Å². The van der Waals surface area contributed by atoms with E-state index in [1.54, 1.807) is 6.20 Å². The lowest BCUT2D eigenvalue weighted by molar-refractivity contribution is -0.231. The minimum Gasteiger partial charge on any atom is -0.481 e. The van der Waals surface area contributed by atoms with Crippen molar-refractivity contribution < 1.29 is 14.7 Å². The molecule has 9 atom stereocenters. The molecule has 0 amide bonds. The first kappa shape index (κ1) is 27.9. The van der Waals surface area contributed by atoms with Gasteiger partial charge in [-0.05, 0) is 134 Å². The molecular formula is C36H49NO3. The number of hydrogen-bond acceptors (Lipinski definition) is 3. The molecule has 5 aliphatic rings. The highest BCUT2D eigenvalue weighted by Crippen LogP contribution is 2.77. The molecule has 0 radical (unpaired) electrons. The monoisotopic (exact) mass is 543 g/mol. The molecule has 6 rings (SSSR count). The van der Waals surface area contributed by atoms with Gasteiger partial charge in [-0.1, -0.05) is 52.8 Å². The zero-order chi connectivity index (χ0) is 28.9. The molecule has 1 N–H and O–H groups in total. The Hall–Kier alpha value is -2.23. The summed E-state index contributed by atoms with van der Waals surface area (Å²) < 4.78 is 0. The van der Waals surface area contributed by atoms with Crippen LogP contribution in [0.2, 0.25) is 0 Å². The van der Waals surface area contributed by atoms with Crippen LogP contribution >= 0.6 is 0 Å². The molecule has 0 saturated heterocycles. The number of carbonyl (C=O) groups excluding carboxylic acids is 1. The van der Waals surface area contributed by atoms with Gasteiger partial charge in [0.15, 0.2) is 5.78 Å². The van der Waals surface area contributed by atoms with Gasteiger partial charge >= 0.3 is 5.97 Å². The van der Waals surface area contributed by atoms with E-state index in [1.165, 1.54) is 5.57 Å². The second kappa shape index (κ2) is 8.88. The van der Waals surface area contributed by atoms with E-state index in [4.69, 9.17) is 0 Å². The normalized spacial score (nSPS) is 46.6. The number of carboxylic acids is 1. The Kier molecular flexibility index (Phi) is 6.20. The Morgan fingerprint density at radius 2 is 1.75 bits per heavy atom. The average molecular weight is 544 g/mol. The molecule has 5 fully saturated rings. The molecule has 5 saturated carbocycles. The van der Waals surface area contributed by atoms with Gasteiger partial charge in [0.25, 0.3) is 0 Å². The summed E-state index contributed by atoms with van der Waals surface area (Å²) in [4.78, 5) is 31.2. The third-order valence-corrected chi connectivity index (χ3v) is 14.1. The van der Waals surface area contributed by atoms with E-state index in [0.29, 0.717) is 29.5 Å². The number of nitrogens with zero attached hydrogens (tertiary/aromatic N) is 1. The van der Waals surface area contributed by atoms with Crippen LogP contribution in [-0.2, 0) is 9.59 Å². The molecule has 1 aromatic heterocycles. The van der Waals surface area contributed by atoms with Gasteiger partial charge in [-0.3, -0.25) is 14.6 Å². The van der Waals surface area contributed by atoms with Gasteiger partial charge in [0, 0.05) is 17.8 Å². The van der Waals surface area contributed by atoms with Crippen molar-refractivity contribution in [2.24, 2.45) is 56.7 Å². The number of fused-ring (bicyclic) bond motifs is 7. The Labute approximate surface area is 241 Å². The third kappa shape index (κ3) is 3.46. The Morgan fingerprint density at radius 3 is 2.40 bits per heavy atom. The first-order valence-electron chi connectivity index (χ1n) is 15.8. The number of allylic oxidation sites excluding steroid dienone is 2. The molecule has 1 heterocycles. The minimum atomic E-state index is -0.586. The molecule has 0 aliphatic heterocycles. The lowest BCUT2D eigenvalue weighted by Gasteiger charge is -2.72. The lowest BCUT2D eigenvalue weighted by Crippen LogP contribution is -2.67. The number of carbonyl (C=O) groups is 2. The minimum absolute atomic E-state index is 0.0250. The van der Waals surface area contributed by atoms with E-state index < -0.39 is 16.8 Å². The summed E-state index contributed by atoms with van der Waals surface area (Å²) in [6, 6.07) is 3.99. The Morgan fingerprint density at radius 1 is 1.00 bits per heavy atom. The molecule has 0 aromatic carbocycles. The van der Waals surface area contributed by atoms with Gasteiger partial charge in [0.1, 0.15) is 0 Å². The number of Topliss-reactive ketones (excluding diaryl/α,β-unsaturated/α-hetero) is 1. The van der Waals surface area contributed by atoms with Gasteiger partial charge in [-0.2, -0.15) is 0 Å². The maximum atomic E-state index is 14.0. The zero-order valence-corrected chi connectivity index (χ0v) is 25.6. The maximum absolute atomic E-state index is 14.0. The SMILES string of the molecule is C=C(C)[C@@H]1CC[C@]2(C(=O)O)CC[C@]3(C)[C@H](CC[C@@H]4[C@@]5(C)C/C(=C\c6cccnc6)C(=O)C(C)(C)[C@@H]5CC[C@]43C)[C@@H]12. The fourth-order valence-corrected chi connectivity index (χ4v) is 12.2. The van der Waals surface area contributed by atoms with Crippen LogP contribution in [0.4, 0.5) is 0 Å². The molecule has 0 unspecified atom stereocenters. The van der Waals surface area contributed by atoms with Crippen LogP contribution in [0.5, 0.6) is 0 Å². The number of aliphatic carboxylic acids is 1. The first-order chi connectivity index (χ1) is 18.7. The van der Waals surface area contributed by atoms with E-state index in [-0.39, 0.29) is 22.2 Å². The fraction of sp³-hybridized carbons (Fsp3) is 0.694. The number of rotatable bonds is 3. The standard InChI is InChI=1S/C36H49NO3/c1-22(2)25-12-15-36(31(39)40)17-16-34(6)26(29(25)36)10-11-28-33(5)20-24(19-23-9-8-18-37-21-23)30(38)32(3,4)27(33)13-14-35(28,34)7/h8-9,18-19,21,25-29H,1,10-17,20H2,2-7H3,(H,39,40)/b24-19+/t25-,26+,27-,28+,29+,33-,34+,35+,36-/m0/s1. The summed E-state index contributed by atoms with van der Waals surface area (Å²) in [5.74, 6) is 1.51. The molecular weight excluding hydrogens is 494 g/mol. The average Bonchev–Trinajstić information content (AvgIpc) is 3.30. The van der Waals surface area contributed by atoms with Crippen molar-refractivity contribution in [1.29, 1.82) is 0 Å². The van der Waals surface area contributed by atoms with Crippen molar-refractivity contribution in [2.75, 3.05) is 0 Å². The number of pyridine rings is 1. The van der Waals surface area contributed by atoms with E-state index >= 15 is 0 Å². The van der Waals surface area contributed by atoms with E-state index in [9.17, 15) is 14.7 Å². The molecule has 4 nitrogen and oxygen atoms in total. The summed E-state index contributed by atoms with van der Waals surface area (Å²) in [6.45, 7) is 18.5. The van der Waals surface area contributed by atoms with Crippen molar-refractivity contribution in [3.8, 4) is 0 Å². The molecule has 5 aliphatic carbocycles. The van der Waals surface area contributed by atoms with Crippen molar-refractivity contribution in [2.45, 2.75) is 99.3 Å². The lowest BCUT2D eigenvalue weighted by atomic mass is 9.32. The van der Waals surface area contributed by atoms with Gasteiger partial charge in [0.05, 0.1) is 5.41 Å². The summed E-state index contributed by atoms with van der Waals surface area (Å²) in [5.41, 5.74) is 2.38. The molecule has 216 valence electrons. The highest BCUT2D eigenvalue weighted by atomic mass is 16.4. The predicted molar refractivity (Wildman–Crippen MR) is 159 cm³/mol. The topological polar surface area (TPSA) is 67.3 Å². The number of carboxylic acid groups (broad SMARTS) is 1. The molecule has 4 heteroatoms. The van der Waals surface area contributed by atoms with Crippen LogP contribution < -0.4 is 0 Å². The van der Waals surface area contributed by atoms with Gasteiger partial charge < -0.3 is 5.11 Å². The van der Waals surface area contributed by atoms with Crippen LogP contribution in [0.15, 0.2) is 42.3 Å². The quantitative estimate of drug-likeness (QED) is 0.307. The second-order valence-electron chi connectivity index (χ2n) is 15.8. The predicted octanol–water partition coefficient (Wildman–Crippen LogP) is 8.39. The maximum Gasteiger partial charge on any atom is 0.309 e. The number of aromatic nitrogens is 1. The van der Waals surface area contributed by atoms with E-state index in [1.807, 2.05) is 18.3 Å². The zero-order valence-electron chi connectivity index (χ0n) is 25.6. The first-order valence-corrected chi connectivity index (χ1v) is 15.8. The van der Waals surface area contributed by atoms with Crippen LogP contribution in [0.25, 0.3) is 6.08 Å². The third-order valence-electron chi connectivity index (χ3n) is 14.1. The Bertz CT molecular complexity index is 1280.